The van der Waals surface area contributed by atoms with E-state index in [1.54, 1.807) is 0 Å². The summed E-state index contributed by atoms with van der Waals surface area (Å²) in [6.45, 7) is 0.407. The molecule has 178 valence electrons. The summed E-state index contributed by atoms with van der Waals surface area (Å²) in [6.07, 6.45) is -4.05. The van der Waals surface area contributed by atoms with E-state index >= 15 is 0 Å². The van der Waals surface area contributed by atoms with E-state index in [1.165, 1.54) is 0 Å². The summed E-state index contributed by atoms with van der Waals surface area (Å²) in [7, 11) is 1.81. The van der Waals surface area contributed by atoms with Gasteiger partial charge in [0.05, 0.1) is 17.2 Å². The number of nitrogens with zero attached hydrogens (tertiary/aromatic N) is 1. The minimum absolute atomic E-state index is 0. The number of likely N-dealkylation sites (N-methyl/N-ethyl adjacent to an activating group) is 1. The maximum Gasteiger partial charge on any atom is 0.416 e. The zero-order valence-electron chi connectivity index (χ0n) is 17.2. The fourth-order valence-electron chi connectivity index (χ4n) is 4.32. The molecule has 2 atom stereocenters. The lowest BCUT2D eigenvalue weighted by molar-refractivity contribution is -0.137. The third-order valence-corrected chi connectivity index (χ3v) is 6.25. The van der Waals surface area contributed by atoms with Gasteiger partial charge in [0.2, 0.25) is 0 Å². The Morgan fingerprint density at radius 2 is 1.88 bits per heavy atom. The molecule has 2 aromatic carbocycles. The smallest absolute Gasteiger partial charge is 0.416 e. The first-order valence-corrected chi connectivity index (χ1v) is 10.1. The number of halogens is 5. The van der Waals surface area contributed by atoms with Gasteiger partial charge in [0.1, 0.15) is 28.2 Å². The molecule has 1 fully saturated rings. The normalized spacial score (nSPS) is 19.1. The van der Waals surface area contributed by atoms with E-state index in [0.29, 0.717) is 13.0 Å². The van der Waals surface area contributed by atoms with Gasteiger partial charge in [0, 0.05) is 35.2 Å². The van der Waals surface area contributed by atoms with Crippen LogP contribution in [0.3, 0.4) is 0 Å². The molecule has 6 nitrogen and oxygen atoms in total. The Balaban J connectivity index is 0.00000306. The number of phenolic OH excluding ortho intramolecular Hbond substituents is 2. The molecule has 1 aliphatic heterocycles. The minimum Gasteiger partial charge on any atom is -0.507 e. The fraction of sp³-hybridized carbons (Fsp3) is 0.318. The van der Waals surface area contributed by atoms with Gasteiger partial charge in [-0.3, -0.25) is 4.79 Å². The predicted molar refractivity (Wildman–Crippen MR) is 119 cm³/mol. The molecule has 1 saturated heterocycles. The van der Waals surface area contributed by atoms with Gasteiger partial charge in [0.25, 0.3) is 0 Å². The van der Waals surface area contributed by atoms with E-state index < -0.39 is 28.8 Å². The maximum atomic E-state index is 13.0. The van der Waals surface area contributed by atoms with E-state index in [1.807, 2.05) is 11.9 Å². The third kappa shape index (κ3) is 4.38. The van der Waals surface area contributed by atoms with Crippen LogP contribution in [0.15, 0.2) is 39.5 Å². The van der Waals surface area contributed by atoms with Crippen molar-refractivity contribution in [3.8, 4) is 22.8 Å². The van der Waals surface area contributed by atoms with Crippen LogP contribution in [0.4, 0.5) is 13.2 Å². The van der Waals surface area contributed by atoms with Crippen LogP contribution in [-0.2, 0) is 6.18 Å². The molecule has 0 aliphatic carbocycles. The molecule has 3 aromatic rings. The van der Waals surface area contributed by atoms with Gasteiger partial charge in [-0.1, -0.05) is 11.6 Å². The number of benzene rings is 2. The highest BCUT2D eigenvalue weighted by Crippen LogP contribution is 2.45. The molecule has 1 aromatic heterocycles. The highest BCUT2D eigenvalue weighted by atomic mass is 35.5. The van der Waals surface area contributed by atoms with Gasteiger partial charge in [-0.05, 0) is 38.2 Å². The van der Waals surface area contributed by atoms with E-state index in [2.05, 4.69) is 0 Å². The quantitative estimate of drug-likeness (QED) is 0.475. The average Bonchev–Trinajstić information content (AvgIpc) is 3.06. The Hall–Kier alpha value is -2.46. The molecule has 3 N–H and O–H groups in total. The second-order valence-electron chi connectivity index (χ2n) is 7.83. The summed E-state index contributed by atoms with van der Waals surface area (Å²) in [4.78, 5) is 14.7. The maximum absolute atomic E-state index is 13.0. The Kier molecular flexibility index (Phi) is 6.91. The number of rotatable bonds is 3. The fourth-order valence-corrected chi connectivity index (χ4v) is 4.59. The van der Waals surface area contributed by atoms with Crippen LogP contribution in [0.2, 0.25) is 5.02 Å². The number of aliphatic hydroxyl groups excluding tert-OH is 1. The second-order valence-corrected chi connectivity index (χ2v) is 8.23. The Bertz CT molecular complexity index is 1260. The summed E-state index contributed by atoms with van der Waals surface area (Å²) in [5.41, 5.74) is -1.41. The Labute approximate surface area is 197 Å². The van der Waals surface area contributed by atoms with Gasteiger partial charge in [-0.25, -0.2) is 0 Å². The molecule has 0 spiro atoms. The molecular formula is C22H20Cl2F3NO5. The van der Waals surface area contributed by atoms with Crippen LogP contribution in [0.5, 0.6) is 11.5 Å². The van der Waals surface area contributed by atoms with Crippen LogP contribution in [0.25, 0.3) is 22.3 Å². The van der Waals surface area contributed by atoms with Crippen molar-refractivity contribution in [1.82, 2.24) is 4.90 Å². The molecule has 1 aliphatic rings. The van der Waals surface area contributed by atoms with Gasteiger partial charge in [-0.2, -0.15) is 13.2 Å². The van der Waals surface area contributed by atoms with Gasteiger partial charge in [-0.15, -0.1) is 12.4 Å². The highest BCUT2D eigenvalue weighted by Gasteiger charge is 2.37. The summed E-state index contributed by atoms with van der Waals surface area (Å²) in [5.74, 6) is -1.33. The van der Waals surface area contributed by atoms with Crippen molar-refractivity contribution in [2.75, 3.05) is 20.2 Å². The number of aliphatic hydroxyl groups is 1. The van der Waals surface area contributed by atoms with Crippen molar-refractivity contribution >= 4 is 35.0 Å². The van der Waals surface area contributed by atoms with Crippen LogP contribution in [0.1, 0.15) is 23.5 Å². The van der Waals surface area contributed by atoms with Gasteiger partial charge in [0.15, 0.2) is 5.43 Å². The number of aromatic hydroxyl groups is 2. The zero-order chi connectivity index (χ0) is 23.4. The van der Waals surface area contributed by atoms with Crippen molar-refractivity contribution in [3.05, 3.63) is 56.7 Å². The van der Waals surface area contributed by atoms with E-state index in [0.717, 1.165) is 30.3 Å². The topological polar surface area (TPSA) is 94.1 Å². The molecule has 2 unspecified atom stereocenters. The standard InChI is InChI=1S/C22H19ClF3NO5.ClH/c1-27-5-4-12(14(27)9-28)19-15(29)7-16(30)20-17(31)8-18(32-21(19)20)11-3-2-10(6-13(11)23)22(24,25)26;/h2-3,6-8,12,14,28-30H,4-5,9H2,1H3;1H. The number of hydrogen-bond acceptors (Lipinski definition) is 6. The van der Waals surface area contributed by atoms with E-state index in [-0.39, 0.29) is 63.7 Å². The molecular weight excluding hydrogens is 486 g/mol. The van der Waals surface area contributed by atoms with Crippen LogP contribution >= 0.6 is 24.0 Å². The van der Waals surface area contributed by atoms with Crippen molar-refractivity contribution in [1.29, 1.82) is 0 Å². The summed E-state index contributed by atoms with van der Waals surface area (Å²) < 4.78 is 44.8. The van der Waals surface area contributed by atoms with Crippen molar-refractivity contribution < 1.29 is 32.9 Å². The van der Waals surface area contributed by atoms with E-state index in [9.17, 15) is 33.3 Å². The molecule has 2 heterocycles. The largest absolute Gasteiger partial charge is 0.507 e. The highest BCUT2D eigenvalue weighted by molar-refractivity contribution is 6.33. The van der Waals surface area contributed by atoms with Crippen LogP contribution in [-0.4, -0.2) is 46.5 Å². The Morgan fingerprint density at radius 3 is 2.48 bits per heavy atom. The number of alkyl halides is 3. The molecule has 0 bridgehead atoms. The molecule has 0 radical (unpaired) electrons. The van der Waals surface area contributed by atoms with Crippen molar-refractivity contribution in [2.24, 2.45) is 0 Å². The average molecular weight is 506 g/mol. The zero-order valence-corrected chi connectivity index (χ0v) is 18.8. The van der Waals surface area contributed by atoms with E-state index in [4.69, 9.17) is 16.0 Å². The predicted octanol–water partition coefficient (Wildman–Crippen LogP) is 4.75. The molecule has 0 saturated carbocycles. The molecule has 4 rings (SSSR count). The summed E-state index contributed by atoms with van der Waals surface area (Å²) in [6, 6.07) is 4.36. The number of likely N-dealkylation sites (tertiary alicyclic amines) is 1. The van der Waals surface area contributed by atoms with Gasteiger partial charge >= 0.3 is 6.18 Å². The molecule has 0 amide bonds. The Morgan fingerprint density at radius 1 is 1.18 bits per heavy atom. The third-order valence-electron chi connectivity index (χ3n) is 5.94. The lowest BCUT2D eigenvalue weighted by atomic mass is 9.89. The number of fused-ring (bicyclic) bond motifs is 1. The summed E-state index contributed by atoms with van der Waals surface area (Å²) >= 11 is 6.07. The first kappa shape index (κ1) is 25.2. The first-order chi connectivity index (χ1) is 15.0. The number of phenols is 2. The number of hydrogen-bond donors (Lipinski definition) is 3. The lowest BCUT2D eigenvalue weighted by Crippen LogP contribution is -2.32. The van der Waals surface area contributed by atoms with Crippen molar-refractivity contribution in [2.45, 2.75) is 24.6 Å². The SMILES string of the molecule is CN1CCC(c2c(O)cc(O)c3c(=O)cc(-c4ccc(C(F)(F)F)cc4Cl)oc23)C1CO.Cl. The van der Waals surface area contributed by atoms with Crippen LogP contribution < -0.4 is 5.43 Å². The molecule has 33 heavy (non-hydrogen) atoms. The lowest BCUT2D eigenvalue weighted by Gasteiger charge is -2.24. The summed E-state index contributed by atoms with van der Waals surface area (Å²) in [5, 5.41) is 30.3. The van der Waals surface area contributed by atoms with Crippen molar-refractivity contribution in [3.63, 3.8) is 0 Å². The van der Waals surface area contributed by atoms with Gasteiger partial charge < -0.3 is 24.6 Å². The monoisotopic (exact) mass is 505 g/mol. The second kappa shape index (κ2) is 9.06. The first-order valence-electron chi connectivity index (χ1n) is 9.73. The van der Waals surface area contributed by atoms with Crippen LogP contribution in [0, 0.1) is 0 Å². The molecule has 11 heteroatoms. The minimum atomic E-state index is -4.59.